The van der Waals surface area contributed by atoms with Crippen LogP contribution < -0.4 is 10.6 Å². The van der Waals surface area contributed by atoms with E-state index < -0.39 is 0 Å². The summed E-state index contributed by atoms with van der Waals surface area (Å²) in [5.74, 6) is -0.214. The number of nitrogens with one attached hydrogen (secondary N) is 2. The highest BCUT2D eigenvalue weighted by Gasteiger charge is 2.26. The molecule has 5 nitrogen and oxygen atoms in total. The molecule has 1 aromatic carbocycles. The van der Waals surface area contributed by atoms with Crippen molar-refractivity contribution in [2.45, 2.75) is 32.1 Å². The van der Waals surface area contributed by atoms with Crippen LogP contribution in [0.2, 0.25) is 0 Å². The monoisotopic (exact) mass is 394 g/mol. The van der Waals surface area contributed by atoms with Gasteiger partial charge in [0.2, 0.25) is 0 Å². The second-order valence-electron chi connectivity index (χ2n) is 6.84. The fourth-order valence-corrected chi connectivity index (χ4v) is 4.80. The number of benzene rings is 1. The van der Waals surface area contributed by atoms with Gasteiger partial charge in [-0.1, -0.05) is 30.3 Å². The molecule has 3 aromatic rings. The topological polar surface area (TPSA) is 71.3 Å². The molecule has 2 aromatic heterocycles. The number of rotatable bonds is 6. The molecular weight excluding hydrogens is 372 g/mol. The number of hydrogen-bond acceptors (Lipinski definition) is 4. The Morgan fingerprint density at radius 3 is 2.61 bits per heavy atom. The fraction of sp³-hybridized carbons (Fsp3) is 0.273. The Balaban J connectivity index is 1.51. The average molecular weight is 394 g/mol. The maximum atomic E-state index is 13.0. The molecule has 4 rings (SSSR count). The molecule has 0 unspecified atom stereocenters. The van der Waals surface area contributed by atoms with Crippen LogP contribution in [-0.4, -0.2) is 18.4 Å². The fourth-order valence-electron chi connectivity index (χ4n) is 3.52. The Bertz CT molecular complexity index is 961. The first kappa shape index (κ1) is 18.5. The average Bonchev–Trinajstić information content (AvgIpc) is 3.36. The van der Waals surface area contributed by atoms with Crippen molar-refractivity contribution >= 4 is 28.2 Å². The molecule has 28 heavy (non-hydrogen) atoms. The van der Waals surface area contributed by atoms with Gasteiger partial charge in [0.15, 0.2) is 5.76 Å². The molecule has 0 aliphatic heterocycles. The largest absolute Gasteiger partial charge is 0.459 e. The summed E-state index contributed by atoms with van der Waals surface area (Å²) in [5, 5.41) is 6.53. The number of carbonyl (C=O) groups excluding carboxylic acids is 2. The van der Waals surface area contributed by atoms with E-state index in [2.05, 4.69) is 10.6 Å². The number of hydrogen-bond donors (Lipinski definition) is 2. The molecule has 2 amide bonds. The van der Waals surface area contributed by atoms with Gasteiger partial charge >= 0.3 is 0 Å². The molecule has 0 saturated carbocycles. The third-order valence-electron chi connectivity index (χ3n) is 4.91. The van der Waals surface area contributed by atoms with E-state index >= 15 is 0 Å². The van der Waals surface area contributed by atoms with Gasteiger partial charge in [-0.2, -0.15) is 0 Å². The zero-order valence-corrected chi connectivity index (χ0v) is 16.3. The minimum atomic E-state index is -0.332. The number of anilines is 1. The highest BCUT2D eigenvalue weighted by atomic mass is 32.1. The van der Waals surface area contributed by atoms with Crippen molar-refractivity contribution in [3.05, 3.63) is 76.1 Å². The van der Waals surface area contributed by atoms with Crippen molar-refractivity contribution < 1.29 is 14.0 Å². The standard InChI is InChI=1S/C22H22N2O3S/c25-20(17-10-6-14-27-17)24-22-19(16-9-4-5-11-18(16)28-22)21(26)23-13-12-15-7-2-1-3-8-15/h1-3,6-8,10,14H,4-5,9,11-13H2,(H,23,26)(H,24,25). The molecule has 2 heterocycles. The van der Waals surface area contributed by atoms with Gasteiger partial charge in [-0.05, 0) is 55.4 Å². The Morgan fingerprint density at radius 2 is 1.82 bits per heavy atom. The first-order valence-electron chi connectivity index (χ1n) is 9.54. The van der Waals surface area contributed by atoms with Crippen LogP contribution in [0.1, 0.15) is 49.8 Å². The van der Waals surface area contributed by atoms with Crippen LogP contribution in [0.4, 0.5) is 5.00 Å². The van der Waals surface area contributed by atoms with Gasteiger partial charge in [-0.15, -0.1) is 11.3 Å². The number of furan rings is 1. The summed E-state index contributed by atoms with van der Waals surface area (Å²) in [7, 11) is 0. The van der Waals surface area contributed by atoms with E-state index in [1.807, 2.05) is 30.3 Å². The van der Waals surface area contributed by atoms with E-state index in [4.69, 9.17) is 4.42 Å². The van der Waals surface area contributed by atoms with E-state index in [0.717, 1.165) is 37.7 Å². The van der Waals surface area contributed by atoms with E-state index in [1.165, 1.54) is 28.0 Å². The highest BCUT2D eigenvalue weighted by Crippen LogP contribution is 2.38. The molecule has 0 fully saturated rings. The van der Waals surface area contributed by atoms with Gasteiger partial charge in [0, 0.05) is 11.4 Å². The normalized spacial score (nSPS) is 13.0. The smallest absolute Gasteiger partial charge is 0.291 e. The second kappa shape index (κ2) is 8.44. The predicted molar refractivity (Wildman–Crippen MR) is 110 cm³/mol. The van der Waals surface area contributed by atoms with Gasteiger partial charge in [0.05, 0.1) is 11.8 Å². The van der Waals surface area contributed by atoms with Gasteiger partial charge < -0.3 is 15.1 Å². The molecule has 6 heteroatoms. The van der Waals surface area contributed by atoms with Crippen LogP contribution in [0.25, 0.3) is 0 Å². The summed E-state index contributed by atoms with van der Waals surface area (Å²) >= 11 is 1.51. The van der Waals surface area contributed by atoms with Gasteiger partial charge in [-0.3, -0.25) is 9.59 Å². The molecule has 1 aliphatic carbocycles. The summed E-state index contributed by atoms with van der Waals surface area (Å²) in [5.41, 5.74) is 2.89. The quantitative estimate of drug-likeness (QED) is 0.649. The number of aryl methyl sites for hydroxylation is 1. The van der Waals surface area contributed by atoms with E-state index in [9.17, 15) is 9.59 Å². The lowest BCUT2D eigenvalue weighted by Crippen LogP contribution is -2.27. The lowest BCUT2D eigenvalue weighted by Gasteiger charge is -2.13. The summed E-state index contributed by atoms with van der Waals surface area (Å²) < 4.78 is 5.18. The SMILES string of the molecule is O=C(Nc1sc2c(c1C(=O)NCCc1ccccc1)CCCC2)c1ccco1. The summed E-state index contributed by atoms with van der Waals surface area (Å²) in [6.45, 7) is 0.555. The lowest BCUT2D eigenvalue weighted by atomic mass is 9.95. The van der Waals surface area contributed by atoms with Crippen molar-refractivity contribution in [3.63, 3.8) is 0 Å². The molecule has 0 radical (unpaired) electrons. The van der Waals surface area contributed by atoms with Crippen molar-refractivity contribution in [3.8, 4) is 0 Å². The molecular formula is C22H22N2O3S. The number of amides is 2. The Hall–Kier alpha value is -2.86. The summed E-state index contributed by atoms with van der Waals surface area (Å²) in [6.07, 6.45) is 6.26. The maximum absolute atomic E-state index is 13.0. The number of thiophene rings is 1. The van der Waals surface area contributed by atoms with Crippen LogP contribution in [-0.2, 0) is 19.3 Å². The van der Waals surface area contributed by atoms with Crippen molar-refractivity contribution in [2.24, 2.45) is 0 Å². The molecule has 1 aliphatic rings. The molecule has 0 bridgehead atoms. The van der Waals surface area contributed by atoms with Crippen molar-refractivity contribution in [2.75, 3.05) is 11.9 Å². The van der Waals surface area contributed by atoms with Crippen LogP contribution in [0, 0.1) is 0 Å². The third-order valence-corrected chi connectivity index (χ3v) is 6.12. The second-order valence-corrected chi connectivity index (χ2v) is 7.94. The zero-order chi connectivity index (χ0) is 19.3. The first-order chi connectivity index (χ1) is 13.7. The van der Waals surface area contributed by atoms with Crippen molar-refractivity contribution in [1.82, 2.24) is 5.32 Å². The molecule has 0 saturated heterocycles. The molecule has 0 spiro atoms. The Morgan fingerprint density at radius 1 is 1.00 bits per heavy atom. The van der Waals surface area contributed by atoms with E-state index in [1.54, 1.807) is 12.1 Å². The molecule has 2 N–H and O–H groups in total. The van der Waals surface area contributed by atoms with Crippen molar-refractivity contribution in [1.29, 1.82) is 0 Å². The number of carbonyl (C=O) groups is 2. The van der Waals surface area contributed by atoms with Gasteiger partial charge in [-0.25, -0.2) is 0 Å². The minimum Gasteiger partial charge on any atom is -0.459 e. The molecule has 0 atom stereocenters. The maximum Gasteiger partial charge on any atom is 0.291 e. The van der Waals surface area contributed by atoms with E-state index in [-0.39, 0.29) is 17.6 Å². The van der Waals surface area contributed by atoms with Crippen LogP contribution in [0.15, 0.2) is 53.1 Å². The summed E-state index contributed by atoms with van der Waals surface area (Å²) in [4.78, 5) is 26.6. The summed E-state index contributed by atoms with van der Waals surface area (Å²) in [6, 6.07) is 13.4. The minimum absolute atomic E-state index is 0.120. The third kappa shape index (κ3) is 4.02. The first-order valence-corrected chi connectivity index (χ1v) is 10.4. The number of fused-ring (bicyclic) bond motifs is 1. The molecule has 144 valence electrons. The van der Waals surface area contributed by atoms with E-state index in [0.29, 0.717) is 17.1 Å². The predicted octanol–water partition coefficient (Wildman–Crippen LogP) is 4.44. The highest BCUT2D eigenvalue weighted by molar-refractivity contribution is 7.17. The Kier molecular flexibility index (Phi) is 5.58. The van der Waals surface area contributed by atoms with Crippen LogP contribution in [0.5, 0.6) is 0 Å². The zero-order valence-electron chi connectivity index (χ0n) is 15.5. The van der Waals surface area contributed by atoms with Gasteiger partial charge in [0.1, 0.15) is 5.00 Å². The Labute approximate surface area is 167 Å². The van der Waals surface area contributed by atoms with Crippen LogP contribution in [0.3, 0.4) is 0 Å². The van der Waals surface area contributed by atoms with Gasteiger partial charge in [0.25, 0.3) is 11.8 Å². The lowest BCUT2D eigenvalue weighted by molar-refractivity contribution is 0.0954. The van der Waals surface area contributed by atoms with Crippen LogP contribution >= 0.6 is 11.3 Å².